The molecule has 3 unspecified atom stereocenters. The van der Waals surface area contributed by atoms with Crippen LogP contribution in [-0.4, -0.2) is 64.6 Å². The van der Waals surface area contributed by atoms with Crippen LogP contribution in [0, 0.1) is 11.9 Å². The van der Waals surface area contributed by atoms with E-state index in [0.29, 0.717) is 35.6 Å². The van der Waals surface area contributed by atoms with Gasteiger partial charge in [-0.05, 0) is 45.5 Å². The Balaban J connectivity index is 1.57. The number of pyridine rings is 1. The summed E-state index contributed by atoms with van der Waals surface area (Å²) in [7, 11) is 0. The van der Waals surface area contributed by atoms with Crippen LogP contribution in [0.5, 0.6) is 0 Å². The zero-order chi connectivity index (χ0) is 19.7. The van der Waals surface area contributed by atoms with E-state index in [0.717, 1.165) is 19.3 Å². The molecule has 28 heavy (non-hydrogen) atoms. The normalized spacial score (nSPS) is 27.5. The quantitative estimate of drug-likeness (QED) is 0.440. The number of hydrogen-bond acceptors (Lipinski definition) is 5. The van der Waals surface area contributed by atoms with Crippen LogP contribution >= 0.6 is 0 Å². The van der Waals surface area contributed by atoms with Crippen LogP contribution in [0.1, 0.15) is 25.7 Å². The van der Waals surface area contributed by atoms with Crippen molar-refractivity contribution in [3.63, 3.8) is 0 Å². The van der Waals surface area contributed by atoms with Crippen LogP contribution in [0.15, 0.2) is 35.1 Å². The average molecular weight is 385 g/mol. The number of nitrogens with zero attached hydrogens (tertiary/aromatic N) is 4. The highest BCUT2D eigenvalue weighted by molar-refractivity contribution is 6.24. The lowest BCUT2D eigenvalue weighted by molar-refractivity contribution is -0.525. The molecule has 7 nitrogen and oxygen atoms in total. The molecule has 1 aromatic heterocycles. The van der Waals surface area contributed by atoms with Gasteiger partial charge in [0.1, 0.15) is 17.9 Å². The summed E-state index contributed by atoms with van der Waals surface area (Å²) in [5.41, 5.74) is 6.49. The molecule has 1 aliphatic carbocycles. The second kappa shape index (κ2) is 7.79. The van der Waals surface area contributed by atoms with E-state index >= 15 is 0 Å². The maximum Gasteiger partial charge on any atom is 0.296 e. The van der Waals surface area contributed by atoms with Crippen LogP contribution in [0.4, 0.5) is 10.1 Å². The molecule has 2 fully saturated rings. The lowest BCUT2D eigenvalue weighted by Gasteiger charge is -2.44. The van der Waals surface area contributed by atoms with Gasteiger partial charge >= 0.3 is 0 Å². The maximum absolute atomic E-state index is 13.5. The predicted octanol–water partition coefficient (Wildman–Crippen LogP) is 1.37. The first-order chi connectivity index (χ1) is 13.6. The third kappa shape index (κ3) is 3.56. The van der Waals surface area contributed by atoms with Gasteiger partial charge in [-0.25, -0.2) is 14.9 Å². The van der Waals surface area contributed by atoms with Crippen molar-refractivity contribution in [3.8, 4) is 0 Å². The Hall–Kier alpha value is -2.61. The monoisotopic (exact) mass is 385 g/mol. The molecule has 148 valence electrons. The lowest BCUT2D eigenvalue weighted by Crippen LogP contribution is -2.53. The van der Waals surface area contributed by atoms with Crippen molar-refractivity contribution in [1.82, 2.24) is 9.88 Å². The first kappa shape index (κ1) is 18.7. The largest absolute Gasteiger partial charge is 0.365 e. The summed E-state index contributed by atoms with van der Waals surface area (Å²) >= 11 is 0. The third-order valence-electron chi connectivity index (χ3n) is 6.08. The molecule has 1 aromatic rings. The fourth-order valence-electron chi connectivity index (χ4n) is 4.52. The highest BCUT2D eigenvalue weighted by atomic mass is 19.1. The summed E-state index contributed by atoms with van der Waals surface area (Å²) in [5, 5.41) is 3.15. The Morgan fingerprint density at radius 2 is 2.29 bits per heavy atom. The third-order valence-corrected chi connectivity index (χ3v) is 6.08. The van der Waals surface area contributed by atoms with Crippen molar-refractivity contribution in [2.24, 2.45) is 16.6 Å². The summed E-state index contributed by atoms with van der Waals surface area (Å²) in [6.07, 6.45) is 7.65. The van der Waals surface area contributed by atoms with Gasteiger partial charge in [-0.1, -0.05) is 0 Å². The van der Waals surface area contributed by atoms with Crippen molar-refractivity contribution >= 4 is 24.1 Å². The number of amides is 1. The van der Waals surface area contributed by atoms with E-state index < -0.39 is 11.9 Å². The van der Waals surface area contributed by atoms with Gasteiger partial charge < -0.3 is 15.6 Å². The number of nitrogens with one attached hydrogen (secondary N) is 1. The number of primary amides is 1. The number of hydrogen-bond donors (Lipinski definition) is 2. The van der Waals surface area contributed by atoms with Crippen LogP contribution in [0.2, 0.25) is 0 Å². The molecule has 4 rings (SSSR count). The number of likely N-dealkylation sites (tertiary alicyclic amines) is 1. The summed E-state index contributed by atoms with van der Waals surface area (Å²) in [4.78, 5) is 22.1. The summed E-state index contributed by atoms with van der Waals surface area (Å²) < 4.78 is 15.5. The highest BCUT2D eigenvalue weighted by Crippen LogP contribution is 2.34. The minimum atomic E-state index is -0.579. The topological polar surface area (TPSA) is 86.6 Å². The molecule has 0 spiro atoms. The van der Waals surface area contributed by atoms with Crippen LogP contribution in [0.3, 0.4) is 0 Å². The van der Waals surface area contributed by atoms with Crippen molar-refractivity contribution in [3.05, 3.63) is 36.1 Å². The minimum absolute atomic E-state index is 0.209. The zero-order valence-electron chi connectivity index (χ0n) is 15.9. The smallest absolute Gasteiger partial charge is 0.296 e. The molecule has 0 aromatic carbocycles. The van der Waals surface area contributed by atoms with E-state index in [4.69, 9.17) is 5.73 Å². The number of aromatic nitrogens is 1. The van der Waals surface area contributed by atoms with Crippen LogP contribution in [0.25, 0.3) is 0 Å². The molecular formula is C20H26FN6O+. The van der Waals surface area contributed by atoms with Gasteiger partial charge in [0.15, 0.2) is 5.57 Å². The molecule has 1 saturated carbocycles. The number of anilines is 1. The first-order valence-corrected chi connectivity index (χ1v) is 9.79. The van der Waals surface area contributed by atoms with E-state index in [1.807, 2.05) is 0 Å². The second-order valence-corrected chi connectivity index (χ2v) is 7.75. The number of nitrogens with two attached hydrogens (primary N) is 1. The van der Waals surface area contributed by atoms with Gasteiger partial charge in [0.2, 0.25) is 5.95 Å². The van der Waals surface area contributed by atoms with Gasteiger partial charge in [0.05, 0.1) is 0 Å². The predicted molar refractivity (Wildman–Crippen MR) is 106 cm³/mol. The van der Waals surface area contributed by atoms with E-state index in [9.17, 15) is 9.18 Å². The van der Waals surface area contributed by atoms with E-state index in [1.54, 1.807) is 12.3 Å². The molecular weight excluding hydrogens is 359 g/mol. The number of aliphatic imine (C=N–C) groups is 1. The average Bonchev–Trinajstić information content (AvgIpc) is 2.59. The van der Waals surface area contributed by atoms with Crippen molar-refractivity contribution in [2.75, 3.05) is 25.0 Å². The molecule has 3 aliphatic rings. The fraction of sp³-hybridized carbons (Fsp3) is 0.500. The molecule has 0 bridgehead atoms. The Morgan fingerprint density at radius 3 is 2.93 bits per heavy atom. The molecule has 1 amide bonds. The molecule has 3 atom stereocenters. The van der Waals surface area contributed by atoms with E-state index in [-0.39, 0.29) is 6.04 Å². The van der Waals surface area contributed by atoms with Gasteiger partial charge in [0, 0.05) is 36.8 Å². The number of halogens is 1. The molecule has 0 radical (unpaired) electrons. The van der Waals surface area contributed by atoms with Gasteiger partial charge in [-0.2, -0.15) is 4.39 Å². The SMILES string of the molecule is C=NCC1CC(N2CCC2)CCC1[N+]1=C(Nc2ccnc(F)c2)C(C(N)=O)=C1. The number of carbonyl (C=O) groups excluding carboxylic acids is 1. The van der Waals surface area contributed by atoms with E-state index in [1.165, 1.54) is 31.8 Å². The molecule has 2 aliphatic heterocycles. The van der Waals surface area contributed by atoms with Crippen molar-refractivity contribution in [1.29, 1.82) is 0 Å². The van der Waals surface area contributed by atoms with Crippen LogP contribution in [-0.2, 0) is 4.79 Å². The standard InChI is InChI=1S/C20H25FN6O/c1-23-11-13-9-15(26-7-2-8-26)3-4-17(13)27-12-16(19(22)28)20(27)25-14-5-6-24-18(21)10-14/h5-6,10,12-13,15,17H,1-4,7-9,11H2,(H2,22,28)/p+1. The zero-order valence-corrected chi connectivity index (χ0v) is 15.9. The lowest BCUT2D eigenvalue weighted by atomic mass is 9.79. The molecule has 1 saturated heterocycles. The number of rotatable bonds is 6. The highest BCUT2D eigenvalue weighted by Gasteiger charge is 2.43. The van der Waals surface area contributed by atoms with Crippen molar-refractivity contribution in [2.45, 2.75) is 37.8 Å². The Bertz CT molecular complexity index is 847. The van der Waals surface area contributed by atoms with Gasteiger partial charge in [0.25, 0.3) is 11.7 Å². The number of carbonyl (C=O) groups is 1. The first-order valence-electron chi connectivity index (χ1n) is 9.79. The maximum atomic E-state index is 13.5. The Morgan fingerprint density at radius 1 is 1.46 bits per heavy atom. The molecule has 3 N–H and O–H groups in total. The fourth-order valence-corrected chi connectivity index (χ4v) is 4.52. The van der Waals surface area contributed by atoms with E-state index in [2.05, 4.69) is 31.5 Å². The number of amidine groups is 1. The second-order valence-electron chi connectivity index (χ2n) is 7.75. The summed E-state index contributed by atoms with van der Waals surface area (Å²) in [5.74, 6) is -0.112. The van der Waals surface area contributed by atoms with Crippen molar-refractivity contribution < 1.29 is 13.8 Å². The Kier molecular flexibility index (Phi) is 5.21. The molecule has 8 heteroatoms. The minimum Gasteiger partial charge on any atom is -0.365 e. The summed E-state index contributed by atoms with van der Waals surface area (Å²) in [6, 6.07) is 3.77. The van der Waals surface area contributed by atoms with Gasteiger partial charge in [-0.3, -0.25) is 4.79 Å². The Labute approximate surface area is 163 Å². The summed E-state index contributed by atoms with van der Waals surface area (Å²) in [6.45, 7) is 6.75. The molecule has 3 heterocycles. The van der Waals surface area contributed by atoms with Gasteiger partial charge in [-0.15, -0.1) is 0 Å². The van der Waals surface area contributed by atoms with Crippen LogP contribution < -0.4 is 11.1 Å².